The van der Waals surface area contributed by atoms with E-state index in [0.29, 0.717) is 28.5 Å². The summed E-state index contributed by atoms with van der Waals surface area (Å²) >= 11 is 5.95. The highest BCUT2D eigenvalue weighted by Crippen LogP contribution is 2.31. The van der Waals surface area contributed by atoms with E-state index >= 15 is 0 Å². The molecule has 1 aliphatic heterocycles. The molecule has 0 bridgehead atoms. The molecule has 0 fully saturated rings. The van der Waals surface area contributed by atoms with Crippen LogP contribution in [0.4, 0.5) is 21.9 Å². The van der Waals surface area contributed by atoms with Crippen LogP contribution in [0.1, 0.15) is 22.3 Å². The number of hydrogen-bond acceptors (Lipinski definition) is 2. The molecule has 0 unspecified atom stereocenters. The van der Waals surface area contributed by atoms with Crippen molar-refractivity contribution in [1.82, 2.24) is 0 Å². The molecular formula is C23H20ClN3O2. The minimum atomic E-state index is -0.371. The molecule has 3 aromatic carbocycles. The molecule has 6 heteroatoms. The van der Waals surface area contributed by atoms with Crippen LogP contribution in [-0.4, -0.2) is 18.5 Å². The lowest BCUT2D eigenvalue weighted by Gasteiger charge is -2.30. The zero-order valence-corrected chi connectivity index (χ0v) is 16.4. The Morgan fingerprint density at radius 3 is 2.38 bits per heavy atom. The predicted octanol–water partition coefficient (Wildman–Crippen LogP) is 5.58. The molecule has 4 rings (SSSR count). The molecular weight excluding hydrogens is 386 g/mol. The minimum Gasteiger partial charge on any atom is -0.308 e. The van der Waals surface area contributed by atoms with E-state index in [1.165, 1.54) is 0 Å². The molecule has 1 aliphatic rings. The highest BCUT2D eigenvalue weighted by molar-refractivity contribution is 6.30. The third-order valence-electron chi connectivity index (χ3n) is 4.81. The van der Waals surface area contributed by atoms with Crippen molar-refractivity contribution in [1.29, 1.82) is 0 Å². The molecule has 29 heavy (non-hydrogen) atoms. The van der Waals surface area contributed by atoms with Crippen molar-refractivity contribution in [3.05, 3.63) is 88.9 Å². The van der Waals surface area contributed by atoms with E-state index in [2.05, 4.69) is 10.6 Å². The van der Waals surface area contributed by atoms with E-state index in [4.69, 9.17) is 11.6 Å². The predicted molar refractivity (Wildman–Crippen MR) is 117 cm³/mol. The summed E-state index contributed by atoms with van der Waals surface area (Å²) in [7, 11) is 0. The third-order valence-corrected chi connectivity index (χ3v) is 5.05. The number of rotatable bonds is 3. The van der Waals surface area contributed by atoms with Crippen LogP contribution in [0.3, 0.4) is 0 Å². The second kappa shape index (κ2) is 8.37. The van der Waals surface area contributed by atoms with Crippen LogP contribution in [0.25, 0.3) is 0 Å². The average Bonchev–Trinajstić information content (AvgIpc) is 2.73. The van der Waals surface area contributed by atoms with Gasteiger partial charge in [-0.3, -0.25) is 4.79 Å². The Bertz CT molecular complexity index is 1050. The van der Waals surface area contributed by atoms with E-state index in [1.54, 1.807) is 29.2 Å². The molecule has 0 spiro atoms. The molecule has 0 saturated heterocycles. The van der Waals surface area contributed by atoms with Gasteiger partial charge in [0.1, 0.15) is 0 Å². The van der Waals surface area contributed by atoms with Gasteiger partial charge in [0.2, 0.25) is 0 Å². The van der Waals surface area contributed by atoms with Crippen LogP contribution >= 0.6 is 11.6 Å². The van der Waals surface area contributed by atoms with Gasteiger partial charge in [-0.25, -0.2) is 4.79 Å². The Labute approximate surface area is 174 Å². The van der Waals surface area contributed by atoms with Crippen molar-refractivity contribution in [2.24, 2.45) is 0 Å². The Hall–Kier alpha value is -3.31. The number of nitrogens with one attached hydrogen (secondary N) is 2. The van der Waals surface area contributed by atoms with Crippen LogP contribution in [0.15, 0.2) is 72.8 Å². The molecule has 0 radical (unpaired) electrons. The maximum Gasteiger partial charge on any atom is 0.323 e. The zero-order chi connectivity index (χ0) is 20.2. The van der Waals surface area contributed by atoms with Gasteiger partial charge in [-0.2, -0.15) is 0 Å². The number of anilines is 3. The fourth-order valence-corrected chi connectivity index (χ4v) is 3.65. The number of fused-ring (bicyclic) bond motifs is 1. The number of carbonyl (C=O) groups excluding carboxylic acids is 2. The standard InChI is InChI=1S/C23H20ClN3O2/c24-18-9-4-10-19(14-18)25-23(29)26-20-12-11-16-8-5-13-27(21(16)15-20)22(28)17-6-2-1-3-7-17/h1-4,6-7,9-12,14-15H,5,8,13H2,(H2,25,26,29). The Morgan fingerprint density at radius 1 is 0.862 bits per heavy atom. The second-order valence-electron chi connectivity index (χ2n) is 6.86. The number of nitrogens with zero attached hydrogens (tertiary/aromatic N) is 1. The van der Waals surface area contributed by atoms with Crippen molar-refractivity contribution in [2.45, 2.75) is 12.8 Å². The van der Waals surface area contributed by atoms with Crippen molar-refractivity contribution >= 4 is 40.6 Å². The molecule has 3 aromatic rings. The molecule has 0 aliphatic carbocycles. The summed E-state index contributed by atoms with van der Waals surface area (Å²) in [6, 6.07) is 21.5. The molecule has 3 amide bonds. The molecule has 2 N–H and O–H groups in total. The van der Waals surface area contributed by atoms with Crippen molar-refractivity contribution < 1.29 is 9.59 Å². The van der Waals surface area contributed by atoms with Gasteiger partial charge in [0.15, 0.2) is 0 Å². The van der Waals surface area contributed by atoms with E-state index in [9.17, 15) is 9.59 Å². The van der Waals surface area contributed by atoms with Crippen LogP contribution in [0.5, 0.6) is 0 Å². The number of amides is 3. The summed E-state index contributed by atoms with van der Waals surface area (Å²) in [5.41, 5.74) is 3.81. The molecule has 0 saturated carbocycles. The van der Waals surface area contributed by atoms with E-state index < -0.39 is 0 Å². The van der Waals surface area contributed by atoms with Gasteiger partial charge < -0.3 is 15.5 Å². The maximum absolute atomic E-state index is 13.0. The molecule has 1 heterocycles. The maximum atomic E-state index is 13.0. The fraction of sp³-hybridized carbons (Fsp3) is 0.130. The van der Waals surface area contributed by atoms with Gasteiger partial charge in [-0.15, -0.1) is 0 Å². The Morgan fingerprint density at radius 2 is 1.62 bits per heavy atom. The van der Waals surface area contributed by atoms with E-state index in [0.717, 1.165) is 24.1 Å². The normalized spacial score (nSPS) is 12.8. The van der Waals surface area contributed by atoms with Gasteiger partial charge in [0.05, 0.1) is 0 Å². The molecule has 0 atom stereocenters. The Balaban J connectivity index is 1.53. The first kappa shape index (κ1) is 19.0. The van der Waals surface area contributed by atoms with Crippen molar-refractivity contribution in [2.75, 3.05) is 22.1 Å². The number of halogens is 1. The second-order valence-corrected chi connectivity index (χ2v) is 7.30. The van der Waals surface area contributed by atoms with Crippen molar-refractivity contribution in [3.8, 4) is 0 Å². The zero-order valence-electron chi connectivity index (χ0n) is 15.7. The topological polar surface area (TPSA) is 61.4 Å². The van der Waals surface area contributed by atoms with Crippen LogP contribution in [0, 0.1) is 0 Å². The van der Waals surface area contributed by atoms with Crippen molar-refractivity contribution in [3.63, 3.8) is 0 Å². The first-order chi connectivity index (χ1) is 14.1. The van der Waals surface area contributed by atoms with Gasteiger partial charge in [-0.05, 0) is 60.9 Å². The monoisotopic (exact) mass is 405 g/mol. The number of hydrogen-bond donors (Lipinski definition) is 2. The summed E-state index contributed by atoms with van der Waals surface area (Å²) in [5, 5.41) is 6.13. The SMILES string of the molecule is O=C(Nc1cccc(Cl)c1)Nc1ccc2c(c1)N(C(=O)c1ccccc1)CCC2. The van der Waals surface area contributed by atoms with Gasteiger partial charge in [0.25, 0.3) is 5.91 Å². The van der Waals surface area contributed by atoms with Gasteiger partial charge in [0, 0.05) is 34.2 Å². The Kier molecular flexibility index (Phi) is 5.49. The highest BCUT2D eigenvalue weighted by atomic mass is 35.5. The number of urea groups is 1. The fourth-order valence-electron chi connectivity index (χ4n) is 3.46. The number of aryl methyl sites for hydroxylation is 1. The summed E-state index contributed by atoms with van der Waals surface area (Å²) in [4.78, 5) is 27.1. The molecule has 5 nitrogen and oxygen atoms in total. The largest absolute Gasteiger partial charge is 0.323 e. The smallest absolute Gasteiger partial charge is 0.308 e. The third kappa shape index (κ3) is 4.41. The summed E-state index contributed by atoms with van der Waals surface area (Å²) in [5.74, 6) is -0.0351. The molecule has 0 aromatic heterocycles. The lowest BCUT2D eigenvalue weighted by Crippen LogP contribution is -2.35. The summed E-state index contributed by atoms with van der Waals surface area (Å²) in [6.07, 6.45) is 1.82. The first-order valence-corrected chi connectivity index (χ1v) is 9.81. The average molecular weight is 406 g/mol. The first-order valence-electron chi connectivity index (χ1n) is 9.43. The lowest BCUT2D eigenvalue weighted by molar-refractivity contribution is 0.0985. The van der Waals surface area contributed by atoms with E-state index in [-0.39, 0.29) is 11.9 Å². The highest BCUT2D eigenvalue weighted by Gasteiger charge is 2.24. The van der Waals surface area contributed by atoms with Gasteiger partial charge in [-0.1, -0.05) is 41.9 Å². The quantitative estimate of drug-likeness (QED) is 0.597. The van der Waals surface area contributed by atoms with Gasteiger partial charge >= 0.3 is 6.03 Å². The van der Waals surface area contributed by atoms with Crippen LogP contribution in [0.2, 0.25) is 5.02 Å². The molecule has 146 valence electrons. The van der Waals surface area contributed by atoms with Crippen LogP contribution in [-0.2, 0) is 6.42 Å². The van der Waals surface area contributed by atoms with Crippen LogP contribution < -0.4 is 15.5 Å². The summed E-state index contributed by atoms with van der Waals surface area (Å²) in [6.45, 7) is 0.652. The minimum absolute atomic E-state index is 0.0351. The number of benzene rings is 3. The number of carbonyl (C=O) groups is 2. The van der Waals surface area contributed by atoms with E-state index in [1.807, 2.05) is 48.5 Å². The summed E-state index contributed by atoms with van der Waals surface area (Å²) < 4.78 is 0. The lowest BCUT2D eigenvalue weighted by atomic mass is 10.00.